The van der Waals surface area contributed by atoms with Crippen LogP contribution in [-0.2, 0) is 17.8 Å². The number of rotatable bonds is 9. The summed E-state index contributed by atoms with van der Waals surface area (Å²) in [4.78, 5) is 15.0. The van der Waals surface area contributed by atoms with Gasteiger partial charge in [-0.05, 0) is 48.2 Å². The fourth-order valence-electron chi connectivity index (χ4n) is 3.61. The topological polar surface area (TPSA) is 50.8 Å². The van der Waals surface area contributed by atoms with Crippen LogP contribution in [-0.4, -0.2) is 55.3 Å². The molecule has 0 unspecified atom stereocenters. The number of anilines is 1. The van der Waals surface area contributed by atoms with Crippen molar-refractivity contribution in [1.82, 2.24) is 4.90 Å². The van der Waals surface area contributed by atoms with Crippen molar-refractivity contribution in [3.8, 4) is 11.5 Å². The lowest BCUT2D eigenvalue weighted by Gasteiger charge is -2.27. The maximum atomic E-state index is 12.6. The van der Waals surface area contributed by atoms with Crippen LogP contribution in [0.4, 0.5) is 18.9 Å². The molecule has 3 rings (SSSR count). The molecule has 0 saturated carbocycles. The van der Waals surface area contributed by atoms with E-state index >= 15 is 0 Å². The Kier molecular flexibility index (Phi) is 8.91. The maximum Gasteiger partial charge on any atom is 0.422 e. The summed E-state index contributed by atoms with van der Waals surface area (Å²) >= 11 is 1.98. The fraction of sp³-hybridized carbons (Fsp3) is 0.458. The number of hydrogen-bond donors (Lipinski definition) is 1. The number of methoxy groups -OCH3 is 1. The number of ether oxygens (including phenoxy) is 2. The number of nitrogens with zero attached hydrogens (tertiary/aromatic N) is 1. The Bertz CT molecular complexity index is 947. The van der Waals surface area contributed by atoms with Crippen molar-refractivity contribution >= 4 is 23.4 Å². The Morgan fingerprint density at radius 2 is 1.91 bits per heavy atom. The highest BCUT2D eigenvalue weighted by atomic mass is 32.2. The van der Waals surface area contributed by atoms with Crippen LogP contribution < -0.4 is 14.8 Å². The maximum absolute atomic E-state index is 12.6. The molecule has 180 valence electrons. The number of carbonyl (C=O) groups excluding carboxylic acids is 1. The van der Waals surface area contributed by atoms with E-state index in [4.69, 9.17) is 9.47 Å². The van der Waals surface area contributed by atoms with Crippen molar-refractivity contribution < 1.29 is 27.4 Å². The number of carbonyl (C=O) groups is 1. The Morgan fingerprint density at radius 3 is 2.61 bits per heavy atom. The standard InChI is InChI=1S/C24H29F3N2O3S/c1-17-19(15-29-10-12-33-13-11-29)4-3-5-20(17)28-23(30)9-7-18-6-8-21(22(14-18)31-2)32-16-24(25,26)27/h3-6,8,14H,7,9-13,15-16H2,1-2H3,(H,28,30). The molecule has 0 spiro atoms. The van der Waals surface area contributed by atoms with Gasteiger partial charge in [0.05, 0.1) is 7.11 Å². The normalized spacial score (nSPS) is 14.7. The highest BCUT2D eigenvalue weighted by Gasteiger charge is 2.29. The molecule has 2 aromatic carbocycles. The van der Waals surface area contributed by atoms with E-state index in [1.54, 1.807) is 12.1 Å². The molecule has 0 aliphatic carbocycles. The van der Waals surface area contributed by atoms with Gasteiger partial charge in [0, 0.05) is 43.2 Å². The van der Waals surface area contributed by atoms with Gasteiger partial charge in [-0.15, -0.1) is 0 Å². The number of amides is 1. The molecule has 1 N–H and O–H groups in total. The van der Waals surface area contributed by atoms with Gasteiger partial charge in [-0.3, -0.25) is 9.69 Å². The zero-order chi connectivity index (χ0) is 23.8. The summed E-state index contributed by atoms with van der Waals surface area (Å²) in [5, 5.41) is 2.99. The molecular formula is C24H29F3N2O3S. The van der Waals surface area contributed by atoms with Crippen molar-refractivity contribution in [3.63, 3.8) is 0 Å². The van der Waals surface area contributed by atoms with Gasteiger partial charge >= 0.3 is 6.18 Å². The minimum atomic E-state index is -4.43. The fourth-order valence-corrected chi connectivity index (χ4v) is 4.59. The van der Waals surface area contributed by atoms with Crippen LogP contribution in [0.5, 0.6) is 11.5 Å². The van der Waals surface area contributed by atoms with Crippen molar-refractivity contribution in [2.24, 2.45) is 0 Å². The SMILES string of the molecule is COc1cc(CCC(=O)Nc2cccc(CN3CCSCC3)c2C)ccc1OCC(F)(F)F. The third-order valence-electron chi connectivity index (χ3n) is 5.48. The predicted octanol–water partition coefficient (Wildman–Crippen LogP) is 5.06. The average molecular weight is 483 g/mol. The molecular weight excluding hydrogens is 453 g/mol. The van der Waals surface area contributed by atoms with E-state index in [1.165, 1.54) is 18.7 Å². The summed E-state index contributed by atoms with van der Waals surface area (Å²) in [7, 11) is 1.37. The third-order valence-corrected chi connectivity index (χ3v) is 6.42. The van der Waals surface area contributed by atoms with E-state index in [-0.39, 0.29) is 23.8 Å². The lowest BCUT2D eigenvalue weighted by molar-refractivity contribution is -0.153. The minimum absolute atomic E-state index is 0.0164. The number of thioether (sulfide) groups is 1. The van der Waals surface area contributed by atoms with E-state index in [0.29, 0.717) is 6.42 Å². The van der Waals surface area contributed by atoms with Crippen molar-refractivity contribution in [2.75, 3.05) is 43.6 Å². The predicted molar refractivity (Wildman–Crippen MR) is 125 cm³/mol. The van der Waals surface area contributed by atoms with Gasteiger partial charge in [-0.2, -0.15) is 24.9 Å². The van der Waals surface area contributed by atoms with E-state index in [2.05, 4.69) is 16.3 Å². The number of halogens is 3. The molecule has 9 heteroatoms. The van der Waals surface area contributed by atoms with E-state index in [1.807, 2.05) is 30.8 Å². The number of alkyl halides is 3. The Hall–Kier alpha value is -2.39. The van der Waals surface area contributed by atoms with Gasteiger partial charge in [0.1, 0.15) is 0 Å². The number of hydrogen-bond acceptors (Lipinski definition) is 5. The second-order valence-electron chi connectivity index (χ2n) is 7.92. The van der Waals surface area contributed by atoms with Crippen LogP contribution in [0.3, 0.4) is 0 Å². The van der Waals surface area contributed by atoms with E-state index in [0.717, 1.165) is 48.0 Å². The monoisotopic (exact) mass is 482 g/mol. The molecule has 0 radical (unpaired) electrons. The molecule has 1 aliphatic heterocycles. The van der Waals surface area contributed by atoms with Gasteiger partial charge in [0.15, 0.2) is 18.1 Å². The Morgan fingerprint density at radius 1 is 1.15 bits per heavy atom. The molecule has 0 atom stereocenters. The molecule has 1 amide bonds. The quantitative estimate of drug-likeness (QED) is 0.541. The number of benzene rings is 2. The molecule has 2 aromatic rings. The van der Waals surface area contributed by atoms with Crippen LogP contribution in [0.25, 0.3) is 0 Å². The molecule has 1 saturated heterocycles. The Labute approximate surface area is 196 Å². The average Bonchev–Trinajstić information content (AvgIpc) is 2.79. The lowest BCUT2D eigenvalue weighted by atomic mass is 10.1. The molecule has 1 aliphatic rings. The summed E-state index contributed by atoms with van der Waals surface area (Å²) < 4.78 is 47.1. The molecule has 1 fully saturated rings. The minimum Gasteiger partial charge on any atom is -0.493 e. The van der Waals surface area contributed by atoms with Gasteiger partial charge in [-0.1, -0.05) is 18.2 Å². The van der Waals surface area contributed by atoms with Crippen LogP contribution >= 0.6 is 11.8 Å². The van der Waals surface area contributed by atoms with Crippen molar-refractivity contribution in [1.29, 1.82) is 0 Å². The third kappa shape index (κ3) is 7.85. The van der Waals surface area contributed by atoms with Gasteiger partial charge in [0.25, 0.3) is 0 Å². The second kappa shape index (κ2) is 11.7. The first-order valence-corrected chi connectivity index (χ1v) is 12.0. The van der Waals surface area contributed by atoms with Crippen LogP contribution in [0.15, 0.2) is 36.4 Å². The van der Waals surface area contributed by atoms with Gasteiger partial charge < -0.3 is 14.8 Å². The molecule has 0 aromatic heterocycles. The van der Waals surface area contributed by atoms with Crippen LogP contribution in [0.1, 0.15) is 23.1 Å². The molecule has 0 bridgehead atoms. The largest absolute Gasteiger partial charge is 0.493 e. The van der Waals surface area contributed by atoms with Crippen molar-refractivity contribution in [3.05, 3.63) is 53.1 Å². The van der Waals surface area contributed by atoms with Crippen LogP contribution in [0, 0.1) is 6.92 Å². The van der Waals surface area contributed by atoms with E-state index in [9.17, 15) is 18.0 Å². The second-order valence-corrected chi connectivity index (χ2v) is 9.14. The Balaban J connectivity index is 1.56. The first-order chi connectivity index (χ1) is 15.7. The number of nitrogens with one attached hydrogen (secondary N) is 1. The summed E-state index contributed by atoms with van der Waals surface area (Å²) in [5.74, 6) is 2.39. The highest BCUT2D eigenvalue weighted by molar-refractivity contribution is 7.99. The summed E-state index contributed by atoms with van der Waals surface area (Å²) in [6, 6.07) is 10.6. The number of aryl methyl sites for hydroxylation is 1. The van der Waals surface area contributed by atoms with Gasteiger partial charge in [-0.25, -0.2) is 0 Å². The summed E-state index contributed by atoms with van der Waals surface area (Å²) in [6.07, 6.45) is -3.77. The zero-order valence-electron chi connectivity index (χ0n) is 18.8. The smallest absolute Gasteiger partial charge is 0.422 e. The lowest BCUT2D eigenvalue weighted by Crippen LogP contribution is -2.32. The zero-order valence-corrected chi connectivity index (χ0v) is 19.7. The first kappa shape index (κ1) is 25.2. The molecule has 5 nitrogen and oxygen atoms in total. The highest BCUT2D eigenvalue weighted by Crippen LogP contribution is 2.30. The summed E-state index contributed by atoms with van der Waals surface area (Å²) in [6.45, 7) is 3.65. The summed E-state index contributed by atoms with van der Waals surface area (Å²) in [5.41, 5.74) is 3.85. The van der Waals surface area contributed by atoms with Crippen LogP contribution in [0.2, 0.25) is 0 Å². The molecule has 1 heterocycles. The van der Waals surface area contributed by atoms with Gasteiger partial charge in [0.2, 0.25) is 5.91 Å². The van der Waals surface area contributed by atoms with Crippen molar-refractivity contribution in [2.45, 2.75) is 32.5 Å². The van der Waals surface area contributed by atoms with E-state index < -0.39 is 12.8 Å². The first-order valence-electron chi connectivity index (χ1n) is 10.8. The molecule has 33 heavy (non-hydrogen) atoms.